The Kier molecular flexibility index (Phi) is 5.38. The minimum atomic E-state index is -0.776. The third-order valence-electron chi connectivity index (χ3n) is 3.71. The Balaban J connectivity index is 1.76. The van der Waals surface area contributed by atoms with Crippen molar-refractivity contribution in [3.05, 3.63) is 77.8 Å². The minimum Gasteiger partial charge on any atom is -0.360 e. The number of nitrogens with one attached hydrogen (secondary N) is 2. The van der Waals surface area contributed by atoms with Crippen LogP contribution in [0.1, 0.15) is 21.7 Å². The van der Waals surface area contributed by atoms with Gasteiger partial charge in [-0.15, -0.1) is 0 Å². The van der Waals surface area contributed by atoms with Gasteiger partial charge in [-0.2, -0.15) is 0 Å². The van der Waals surface area contributed by atoms with Gasteiger partial charge in [-0.3, -0.25) is 14.6 Å². The molecule has 0 saturated heterocycles. The van der Waals surface area contributed by atoms with E-state index in [2.05, 4.69) is 20.8 Å². The fourth-order valence-electron chi connectivity index (χ4n) is 2.44. The predicted octanol–water partition coefficient (Wildman–Crippen LogP) is 2.36. The van der Waals surface area contributed by atoms with Crippen LogP contribution in [0.3, 0.4) is 0 Å². The molecule has 2 N–H and O–H groups in total. The second-order valence-corrected chi connectivity index (χ2v) is 5.77. The number of aromatic nitrogens is 2. The van der Waals surface area contributed by atoms with Gasteiger partial charge in [-0.25, -0.2) is 0 Å². The molecule has 7 nitrogen and oxygen atoms in total. The summed E-state index contributed by atoms with van der Waals surface area (Å²) in [5.41, 5.74) is 1.31. The van der Waals surface area contributed by atoms with Crippen molar-refractivity contribution >= 4 is 17.6 Å². The summed E-state index contributed by atoms with van der Waals surface area (Å²) in [6, 6.07) is 13.6. The Morgan fingerprint density at radius 1 is 1.15 bits per heavy atom. The molecule has 0 aliphatic carbocycles. The summed E-state index contributed by atoms with van der Waals surface area (Å²) >= 11 is 0. The van der Waals surface area contributed by atoms with E-state index >= 15 is 0 Å². The zero-order valence-electron chi connectivity index (χ0n) is 14.2. The van der Waals surface area contributed by atoms with Crippen LogP contribution in [0.5, 0.6) is 0 Å². The summed E-state index contributed by atoms with van der Waals surface area (Å²) in [6.45, 7) is 1.73. The molecule has 26 heavy (non-hydrogen) atoms. The SMILES string of the molecule is Cc1cc(NC(=O)C(Cc2ccccc2)NC(=O)c2cccnc2)no1. The molecule has 2 amide bonds. The number of carbonyl (C=O) groups is 2. The Hall–Kier alpha value is -3.48. The summed E-state index contributed by atoms with van der Waals surface area (Å²) < 4.78 is 4.95. The van der Waals surface area contributed by atoms with Gasteiger partial charge in [0, 0.05) is 24.9 Å². The van der Waals surface area contributed by atoms with E-state index in [9.17, 15) is 9.59 Å². The fraction of sp³-hybridized carbons (Fsp3) is 0.158. The highest BCUT2D eigenvalue weighted by atomic mass is 16.5. The van der Waals surface area contributed by atoms with E-state index in [1.54, 1.807) is 31.3 Å². The molecule has 0 fully saturated rings. The highest BCUT2D eigenvalue weighted by Crippen LogP contribution is 2.10. The molecule has 7 heteroatoms. The van der Waals surface area contributed by atoms with E-state index < -0.39 is 6.04 Å². The van der Waals surface area contributed by atoms with E-state index in [0.29, 0.717) is 23.6 Å². The topological polar surface area (TPSA) is 97.1 Å². The van der Waals surface area contributed by atoms with Gasteiger partial charge in [0.1, 0.15) is 11.8 Å². The molecule has 0 bridgehead atoms. The number of pyridine rings is 1. The van der Waals surface area contributed by atoms with Crippen molar-refractivity contribution in [1.29, 1.82) is 0 Å². The lowest BCUT2D eigenvalue weighted by Gasteiger charge is -2.18. The van der Waals surface area contributed by atoms with Crippen molar-refractivity contribution in [2.24, 2.45) is 0 Å². The summed E-state index contributed by atoms with van der Waals surface area (Å²) in [5, 5.41) is 9.18. The van der Waals surface area contributed by atoms with Crippen LogP contribution in [-0.4, -0.2) is 28.0 Å². The maximum atomic E-state index is 12.7. The first kappa shape index (κ1) is 17.3. The van der Waals surface area contributed by atoms with Crippen molar-refractivity contribution in [1.82, 2.24) is 15.5 Å². The minimum absolute atomic E-state index is 0.307. The number of amides is 2. The monoisotopic (exact) mass is 350 g/mol. The summed E-state index contributed by atoms with van der Waals surface area (Å²) in [6.07, 6.45) is 3.38. The fourth-order valence-corrected chi connectivity index (χ4v) is 2.44. The first-order chi connectivity index (χ1) is 12.6. The standard InChI is InChI=1S/C19H18N4O3/c1-13-10-17(23-26-13)22-19(25)16(11-14-6-3-2-4-7-14)21-18(24)15-8-5-9-20-12-15/h2-10,12,16H,11H2,1H3,(H,21,24)(H,22,23,25). The number of benzene rings is 1. The quantitative estimate of drug-likeness (QED) is 0.711. The van der Waals surface area contributed by atoms with E-state index in [-0.39, 0.29) is 11.8 Å². The highest BCUT2D eigenvalue weighted by molar-refractivity contribution is 6.00. The van der Waals surface area contributed by atoms with Crippen molar-refractivity contribution in [3.63, 3.8) is 0 Å². The average molecular weight is 350 g/mol. The van der Waals surface area contributed by atoms with E-state index in [1.165, 1.54) is 6.20 Å². The molecule has 0 spiro atoms. The second kappa shape index (κ2) is 8.06. The molecular formula is C19H18N4O3. The van der Waals surface area contributed by atoms with Crippen LogP contribution in [0.15, 0.2) is 65.4 Å². The van der Waals surface area contributed by atoms with Crippen LogP contribution in [0.25, 0.3) is 0 Å². The van der Waals surface area contributed by atoms with Gasteiger partial charge in [0.2, 0.25) is 5.91 Å². The first-order valence-corrected chi connectivity index (χ1v) is 8.11. The normalized spacial score (nSPS) is 11.6. The number of hydrogen-bond donors (Lipinski definition) is 2. The second-order valence-electron chi connectivity index (χ2n) is 5.77. The lowest BCUT2D eigenvalue weighted by Crippen LogP contribution is -2.45. The molecular weight excluding hydrogens is 332 g/mol. The molecule has 0 aliphatic rings. The predicted molar refractivity (Wildman–Crippen MR) is 95.5 cm³/mol. The third-order valence-corrected chi connectivity index (χ3v) is 3.71. The van der Waals surface area contributed by atoms with Gasteiger partial charge in [-0.05, 0) is 24.6 Å². The van der Waals surface area contributed by atoms with Gasteiger partial charge >= 0.3 is 0 Å². The number of rotatable bonds is 6. The third kappa shape index (κ3) is 4.54. The summed E-state index contributed by atoms with van der Waals surface area (Å²) in [5.74, 6) is 0.144. The van der Waals surface area contributed by atoms with Crippen molar-refractivity contribution < 1.29 is 14.1 Å². The van der Waals surface area contributed by atoms with Crippen LogP contribution < -0.4 is 10.6 Å². The highest BCUT2D eigenvalue weighted by Gasteiger charge is 2.23. The summed E-state index contributed by atoms with van der Waals surface area (Å²) in [4.78, 5) is 29.0. The molecule has 0 aliphatic heterocycles. The van der Waals surface area contributed by atoms with Gasteiger partial charge < -0.3 is 15.2 Å². The van der Waals surface area contributed by atoms with E-state index in [1.807, 2.05) is 30.3 Å². The maximum Gasteiger partial charge on any atom is 0.253 e. The van der Waals surface area contributed by atoms with Gasteiger partial charge in [0.05, 0.1) is 5.56 Å². The van der Waals surface area contributed by atoms with Gasteiger partial charge in [-0.1, -0.05) is 35.5 Å². The first-order valence-electron chi connectivity index (χ1n) is 8.11. The number of anilines is 1. The lowest BCUT2D eigenvalue weighted by molar-refractivity contribution is -0.118. The number of hydrogen-bond acceptors (Lipinski definition) is 5. The van der Waals surface area contributed by atoms with Crippen LogP contribution >= 0.6 is 0 Å². The molecule has 3 aromatic rings. The van der Waals surface area contributed by atoms with Crippen LogP contribution in [-0.2, 0) is 11.2 Å². The van der Waals surface area contributed by atoms with Gasteiger partial charge in [0.25, 0.3) is 5.91 Å². The van der Waals surface area contributed by atoms with E-state index in [0.717, 1.165) is 5.56 Å². The molecule has 1 atom stereocenters. The zero-order chi connectivity index (χ0) is 18.4. The lowest BCUT2D eigenvalue weighted by atomic mass is 10.0. The molecule has 2 aromatic heterocycles. The largest absolute Gasteiger partial charge is 0.360 e. The van der Waals surface area contributed by atoms with Crippen molar-refractivity contribution in [2.75, 3.05) is 5.32 Å². The van der Waals surface area contributed by atoms with Crippen LogP contribution in [0.2, 0.25) is 0 Å². The molecule has 0 saturated carbocycles. The van der Waals surface area contributed by atoms with Gasteiger partial charge in [0.15, 0.2) is 5.82 Å². The Morgan fingerprint density at radius 3 is 2.62 bits per heavy atom. The molecule has 1 unspecified atom stereocenters. The van der Waals surface area contributed by atoms with E-state index in [4.69, 9.17) is 4.52 Å². The van der Waals surface area contributed by atoms with Crippen molar-refractivity contribution in [3.8, 4) is 0 Å². The van der Waals surface area contributed by atoms with Crippen LogP contribution in [0, 0.1) is 6.92 Å². The molecule has 1 aromatic carbocycles. The maximum absolute atomic E-state index is 12.7. The number of carbonyl (C=O) groups excluding carboxylic acids is 2. The molecule has 3 rings (SSSR count). The number of nitrogens with zero attached hydrogens (tertiary/aromatic N) is 2. The average Bonchev–Trinajstić information content (AvgIpc) is 3.07. The smallest absolute Gasteiger partial charge is 0.253 e. The Morgan fingerprint density at radius 2 is 1.96 bits per heavy atom. The van der Waals surface area contributed by atoms with Crippen LogP contribution in [0.4, 0.5) is 5.82 Å². The number of aryl methyl sites for hydroxylation is 1. The Bertz CT molecular complexity index is 878. The molecule has 132 valence electrons. The summed E-state index contributed by atoms with van der Waals surface area (Å²) in [7, 11) is 0. The zero-order valence-corrected chi connectivity index (χ0v) is 14.2. The van der Waals surface area contributed by atoms with Crippen molar-refractivity contribution in [2.45, 2.75) is 19.4 Å². The molecule has 0 radical (unpaired) electrons. The Labute approximate surface area is 150 Å². The molecule has 2 heterocycles.